The van der Waals surface area contributed by atoms with Crippen LogP contribution in [-0.2, 0) is 0 Å². The van der Waals surface area contributed by atoms with Gasteiger partial charge >= 0.3 is 0 Å². The van der Waals surface area contributed by atoms with Gasteiger partial charge < -0.3 is 20.4 Å². The highest BCUT2D eigenvalue weighted by atomic mass is 35.5. The van der Waals surface area contributed by atoms with Gasteiger partial charge in [0.1, 0.15) is 23.0 Å². The molecule has 0 aliphatic rings. The fraction of sp³-hybridized carbons (Fsp3) is 0. The van der Waals surface area contributed by atoms with Crippen LogP contribution in [0.1, 0.15) is 0 Å². The van der Waals surface area contributed by atoms with Gasteiger partial charge in [-0.1, -0.05) is 23.2 Å². The predicted octanol–water partition coefficient (Wildman–Crippen LogP) is 4.12. The molecule has 0 aliphatic heterocycles. The molecule has 6 heteroatoms. The van der Waals surface area contributed by atoms with E-state index in [2.05, 4.69) is 0 Å². The van der Waals surface area contributed by atoms with E-state index in [-0.39, 0.29) is 54.6 Å². The Morgan fingerprint density at radius 1 is 0.650 bits per heavy atom. The number of phenols is 4. The lowest BCUT2D eigenvalue weighted by molar-refractivity contribution is 0.451. The van der Waals surface area contributed by atoms with Gasteiger partial charge in [0.15, 0.2) is 0 Å². The van der Waals surface area contributed by atoms with Gasteiger partial charge in [-0.25, -0.2) is 0 Å². The van der Waals surface area contributed by atoms with Gasteiger partial charge in [-0.3, -0.25) is 0 Å². The average molecular weight is 311 g/mol. The molecule has 3 aromatic rings. The molecule has 0 heterocycles. The second kappa shape index (κ2) is 4.23. The molecular weight excluding hydrogens is 303 g/mol. The summed E-state index contributed by atoms with van der Waals surface area (Å²) < 4.78 is 0. The molecule has 0 saturated heterocycles. The number of benzene rings is 3. The maximum absolute atomic E-state index is 10.3. The maximum atomic E-state index is 10.3. The summed E-state index contributed by atoms with van der Waals surface area (Å²) in [5.41, 5.74) is 0. The van der Waals surface area contributed by atoms with Crippen LogP contribution in [0.2, 0.25) is 10.0 Å². The Balaban J connectivity index is 2.68. The zero-order valence-corrected chi connectivity index (χ0v) is 11.4. The molecule has 3 rings (SSSR count). The highest BCUT2D eigenvalue weighted by molar-refractivity contribution is 6.43. The van der Waals surface area contributed by atoms with Crippen LogP contribution < -0.4 is 0 Å². The molecule has 0 aliphatic carbocycles. The maximum Gasteiger partial charge on any atom is 0.135 e. The number of phenolic OH excluding ortho intramolecular Hbond substituents is 4. The summed E-state index contributed by atoms with van der Waals surface area (Å²) in [6, 6.07) is 5.22. The Morgan fingerprint density at radius 3 is 1.35 bits per heavy atom. The van der Waals surface area contributed by atoms with Crippen molar-refractivity contribution in [2.45, 2.75) is 0 Å². The van der Waals surface area contributed by atoms with Gasteiger partial charge in [0, 0.05) is 10.8 Å². The lowest BCUT2D eigenvalue weighted by Crippen LogP contribution is -1.84. The van der Waals surface area contributed by atoms with E-state index >= 15 is 0 Å². The zero-order valence-electron chi connectivity index (χ0n) is 9.85. The molecule has 4 nitrogen and oxygen atoms in total. The van der Waals surface area contributed by atoms with Crippen molar-refractivity contribution in [1.82, 2.24) is 0 Å². The van der Waals surface area contributed by atoms with Crippen LogP contribution >= 0.6 is 23.2 Å². The van der Waals surface area contributed by atoms with Crippen LogP contribution in [0.3, 0.4) is 0 Å². The van der Waals surface area contributed by atoms with Gasteiger partial charge in [-0.05, 0) is 24.3 Å². The number of hydrogen-bond donors (Lipinski definition) is 4. The van der Waals surface area contributed by atoms with Crippen LogP contribution in [0.5, 0.6) is 23.0 Å². The Kier molecular flexibility index (Phi) is 2.74. The van der Waals surface area contributed by atoms with Crippen molar-refractivity contribution < 1.29 is 20.4 Å². The average Bonchev–Trinajstić information content (AvgIpc) is 2.41. The van der Waals surface area contributed by atoms with E-state index in [9.17, 15) is 20.4 Å². The Bertz CT molecular complexity index is 803. The van der Waals surface area contributed by atoms with E-state index in [0.29, 0.717) is 0 Å². The summed E-state index contributed by atoms with van der Waals surface area (Å²) in [6.45, 7) is 0. The van der Waals surface area contributed by atoms with Crippen molar-refractivity contribution in [1.29, 1.82) is 0 Å². The molecular formula is C14H8Cl2O4. The number of halogens is 2. The lowest BCUT2D eigenvalue weighted by Gasteiger charge is -2.12. The van der Waals surface area contributed by atoms with Crippen LogP contribution in [0.25, 0.3) is 21.5 Å². The second-order valence-electron chi connectivity index (χ2n) is 4.36. The van der Waals surface area contributed by atoms with Crippen molar-refractivity contribution in [2.24, 2.45) is 0 Å². The van der Waals surface area contributed by atoms with E-state index in [0.717, 1.165) is 0 Å². The Labute approximate surface area is 123 Å². The summed E-state index contributed by atoms with van der Waals surface area (Å²) in [5.74, 6) is -1.11. The first-order valence-corrected chi connectivity index (χ1v) is 6.34. The van der Waals surface area contributed by atoms with Crippen molar-refractivity contribution >= 4 is 44.7 Å². The molecule has 4 N–H and O–H groups in total. The summed E-state index contributed by atoms with van der Waals surface area (Å²) in [5, 5.41) is 41.0. The molecule has 0 atom stereocenters. The fourth-order valence-electron chi connectivity index (χ4n) is 2.27. The summed E-state index contributed by atoms with van der Waals surface area (Å²) in [4.78, 5) is 0. The third-order valence-electron chi connectivity index (χ3n) is 3.21. The smallest absolute Gasteiger partial charge is 0.135 e. The molecule has 0 spiro atoms. The number of hydrogen-bond acceptors (Lipinski definition) is 4. The van der Waals surface area contributed by atoms with Gasteiger partial charge in [-0.2, -0.15) is 0 Å². The molecule has 0 fully saturated rings. The molecule has 0 saturated carbocycles. The van der Waals surface area contributed by atoms with E-state index in [1.54, 1.807) is 0 Å². The minimum absolute atomic E-state index is 0.0478. The highest BCUT2D eigenvalue weighted by Gasteiger charge is 2.19. The summed E-state index contributed by atoms with van der Waals surface area (Å²) >= 11 is 11.8. The van der Waals surface area contributed by atoms with E-state index in [4.69, 9.17) is 23.2 Å². The first-order valence-electron chi connectivity index (χ1n) is 5.59. The molecule has 0 radical (unpaired) electrons. The van der Waals surface area contributed by atoms with E-state index in [1.807, 2.05) is 0 Å². The molecule has 102 valence electrons. The fourth-order valence-corrected chi connectivity index (χ4v) is 2.60. The molecule has 0 unspecified atom stereocenters. The number of rotatable bonds is 0. The molecule has 3 aromatic carbocycles. The number of fused-ring (bicyclic) bond motifs is 2. The topological polar surface area (TPSA) is 80.9 Å². The SMILES string of the molecule is Oc1ccc(O)c2c(O)c3cc(Cl)c(Cl)cc3c(O)c12. The Morgan fingerprint density at radius 2 is 1.00 bits per heavy atom. The van der Waals surface area contributed by atoms with Crippen molar-refractivity contribution in [3.63, 3.8) is 0 Å². The minimum Gasteiger partial charge on any atom is -0.507 e. The van der Waals surface area contributed by atoms with Gasteiger partial charge in [0.25, 0.3) is 0 Å². The van der Waals surface area contributed by atoms with E-state index in [1.165, 1.54) is 24.3 Å². The van der Waals surface area contributed by atoms with Crippen molar-refractivity contribution in [3.05, 3.63) is 34.3 Å². The normalized spacial score (nSPS) is 11.3. The van der Waals surface area contributed by atoms with Gasteiger partial charge in [-0.15, -0.1) is 0 Å². The number of aromatic hydroxyl groups is 4. The minimum atomic E-state index is -0.292. The van der Waals surface area contributed by atoms with Crippen LogP contribution in [0, 0.1) is 0 Å². The predicted molar refractivity (Wildman–Crippen MR) is 78.1 cm³/mol. The van der Waals surface area contributed by atoms with Crippen molar-refractivity contribution in [2.75, 3.05) is 0 Å². The first-order chi connectivity index (χ1) is 9.41. The largest absolute Gasteiger partial charge is 0.507 e. The molecule has 0 bridgehead atoms. The third kappa shape index (κ3) is 1.62. The van der Waals surface area contributed by atoms with E-state index < -0.39 is 0 Å². The standard InChI is InChI=1S/C14H8Cl2O4/c15-7-3-5-6(4-8(7)16)14(20)12-10(18)2-1-9(17)11(12)13(5)19/h1-4,17-20H. The van der Waals surface area contributed by atoms with Crippen LogP contribution in [0.15, 0.2) is 24.3 Å². The zero-order chi connectivity index (χ0) is 14.6. The van der Waals surface area contributed by atoms with Crippen molar-refractivity contribution in [3.8, 4) is 23.0 Å². The molecule has 0 aromatic heterocycles. The summed E-state index contributed by atoms with van der Waals surface area (Å²) in [6.07, 6.45) is 0. The van der Waals surface area contributed by atoms with Crippen LogP contribution in [-0.4, -0.2) is 20.4 Å². The molecule has 0 amide bonds. The summed E-state index contributed by atoms with van der Waals surface area (Å²) in [7, 11) is 0. The van der Waals surface area contributed by atoms with Crippen LogP contribution in [0.4, 0.5) is 0 Å². The third-order valence-corrected chi connectivity index (χ3v) is 3.93. The monoisotopic (exact) mass is 310 g/mol. The quantitative estimate of drug-likeness (QED) is 0.372. The first kappa shape index (κ1) is 13.0. The highest BCUT2D eigenvalue weighted by Crippen LogP contribution is 2.49. The van der Waals surface area contributed by atoms with Gasteiger partial charge in [0.05, 0.1) is 20.8 Å². The Hall–Kier alpha value is -2.04. The lowest BCUT2D eigenvalue weighted by atomic mass is 9.99. The van der Waals surface area contributed by atoms with Gasteiger partial charge in [0.2, 0.25) is 0 Å². The second-order valence-corrected chi connectivity index (χ2v) is 5.18. The molecule has 20 heavy (non-hydrogen) atoms.